The van der Waals surface area contributed by atoms with E-state index in [-0.39, 0.29) is 23.8 Å². The van der Waals surface area contributed by atoms with Crippen LogP contribution in [0, 0.1) is 11.3 Å². The van der Waals surface area contributed by atoms with Crippen LogP contribution in [0.4, 0.5) is 0 Å². The van der Waals surface area contributed by atoms with Gasteiger partial charge < -0.3 is 21.1 Å². The van der Waals surface area contributed by atoms with Crippen molar-refractivity contribution in [1.29, 1.82) is 0 Å². The standard InChI is InChI=1S/C15H25N3O4/c1-9(2)13(21)17-10-3-5-15(6-4-10)8-18(14(15)22)11(7-19)12(16)20/h9-11,19H,3-8H2,1-2H3,(H2,16,20)(H,17,21). The SMILES string of the molecule is CC(C)C(=O)NC1CCC2(CC1)CN(C(CO)C(N)=O)C2=O. The van der Waals surface area contributed by atoms with Crippen LogP contribution in [-0.2, 0) is 14.4 Å². The molecule has 1 atom stereocenters. The number of carbonyl (C=O) groups excluding carboxylic acids is 3. The molecule has 1 aliphatic carbocycles. The molecule has 0 radical (unpaired) electrons. The van der Waals surface area contributed by atoms with E-state index in [1.165, 1.54) is 4.90 Å². The Balaban J connectivity index is 1.89. The summed E-state index contributed by atoms with van der Waals surface area (Å²) in [5.41, 5.74) is 4.77. The molecule has 2 rings (SSSR count). The number of nitrogens with two attached hydrogens (primary N) is 1. The number of primary amides is 1. The molecule has 4 N–H and O–H groups in total. The maximum atomic E-state index is 12.4. The average Bonchev–Trinajstić information content (AvgIpc) is 2.48. The summed E-state index contributed by atoms with van der Waals surface area (Å²) in [4.78, 5) is 36.7. The van der Waals surface area contributed by atoms with E-state index in [0.29, 0.717) is 19.4 Å². The van der Waals surface area contributed by atoms with E-state index < -0.39 is 24.0 Å². The average molecular weight is 311 g/mol. The van der Waals surface area contributed by atoms with Gasteiger partial charge in [0, 0.05) is 18.5 Å². The molecule has 2 fully saturated rings. The molecule has 7 heteroatoms. The van der Waals surface area contributed by atoms with Gasteiger partial charge in [0.05, 0.1) is 12.0 Å². The van der Waals surface area contributed by atoms with Gasteiger partial charge in [-0.2, -0.15) is 0 Å². The number of rotatable bonds is 5. The number of hydrogen-bond acceptors (Lipinski definition) is 4. The first kappa shape index (κ1) is 16.7. The van der Waals surface area contributed by atoms with Crippen molar-refractivity contribution in [3.05, 3.63) is 0 Å². The molecule has 1 aliphatic heterocycles. The van der Waals surface area contributed by atoms with E-state index in [1.54, 1.807) is 0 Å². The molecular weight excluding hydrogens is 286 g/mol. The van der Waals surface area contributed by atoms with Gasteiger partial charge in [-0.25, -0.2) is 0 Å². The van der Waals surface area contributed by atoms with Crippen LogP contribution >= 0.6 is 0 Å². The van der Waals surface area contributed by atoms with Gasteiger partial charge in [0.1, 0.15) is 6.04 Å². The van der Waals surface area contributed by atoms with E-state index in [4.69, 9.17) is 5.73 Å². The van der Waals surface area contributed by atoms with Crippen molar-refractivity contribution in [2.75, 3.05) is 13.2 Å². The molecule has 0 bridgehead atoms. The minimum atomic E-state index is -0.920. The minimum Gasteiger partial charge on any atom is -0.394 e. The molecule has 124 valence electrons. The smallest absolute Gasteiger partial charge is 0.242 e. The summed E-state index contributed by atoms with van der Waals surface area (Å²) >= 11 is 0. The Morgan fingerprint density at radius 2 is 2.00 bits per heavy atom. The van der Waals surface area contributed by atoms with E-state index in [0.717, 1.165) is 12.8 Å². The van der Waals surface area contributed by atoms with Crippen LogP contribution < -0.4 is 11.1 Å². The van der Waals surface area contributed by atoms with Crippen LogP contribution in [-0.4, -0.2) is 53.0 Å². The second-order valence-electron chi connectivity index (χ2n) is 6.75. The third kappa shape index (κ3) is 2.95. The summed E-state index contributed by atoms with van der Waals surface area (Å²) in [6.45, 7) is 3.73. The zero-order valence-corrected chi connectivity index (χ0v) is 13.2. The predicted molar refractivity (Wildman–Crippen MR) is 79.5 cm³/mol. The normalized spacial score (nSPS) is 29.4. The van der Waals surface area contributed by atoms with Crippen LogP contribution in [0.15, 0.2) is 0 Å². The van der Waals surface area contributed by atoms with Crippen LogP contribution in [0.1, 0.15) is 39.5 Å². The van der Waals surface area contributed by atoms with Gasteiger partial charge in [0.25, 0.3) is 0 Å². The van der Waals surface area contributed by atoms with Gasteiger partial charge in [-0.3, -0.25) is 14.4 Å². The maximum absolute atomic E-state index is 12.4. The monoisotopic (exact) mass is 311 g/mol. The number of aliphatic hydroxyl groups excluding tert-OH is 1. The summed E-state index contributed by atoms with van der Waals surface area (Å²) < 4.78 is 0. The number of carbonyl (C=O) groups is 3. The number of aliphatic hydroxyl groups is 1. The molecule has 0 aromatic rings. The van der Waals surface area contributed by atoms with Crippen molar-refractivity contribution in [3.8, 4) is 0 Å². The molecule has 22 heavy (non-hydrogen) atoms. The Hall–Kier alpha value is -1.63. The molecular formula is C15H25N3O4. The van der Waals surface area contributed by atoms with Gasteiger partial charge in [-0.05, 0) is 25.7 Å². The van der Waals surface area contributed by atoms with Crippen molar-refractivity contribution in [2.24, 2.45) is 17.1 Å². The van der Waals surface area contributed by atoms with Crippen LogP contribution in [0.2, 0.25) is 0 Å². The van der Waals surface area contributed by atoms with E-state index >= 15 is 0 Å². The van der Waals surface area contributed by atoms with E-state index in [1.807, 2.05) is 13.8 Å². The molecule has 3 amide bonds. The second kappa shape index (κ2) is 6.24. The molecule has 2 aliphatic rings. The Morgan fingerprint density at radius 3 is 2.41 bits per heavy atom. The summed E-state index contributed by atoms with van der Waals surface area (Å²) in [7, 11) is 0. The number of nitrogens with zero attached hydrogens (tertiary/aromatic N) is 1. The fourth-order valence-corrected chi connectivity index (χ4v) is 3.33. The molecule has 0 aromatic heterocycles. The zero-order chi connectivity index (χ0) is 16.5. The van der Waals surface area contributed by atoms with Gasteiger partial charge in [0.2, 0.25) is 17.7 Å². The Kier molecular flexibility index (Phi) is 4.75. The van der Waals surface area contributed by atoms with Crippen molar-refractivity contribution in [3.63, 3.8) is 0 Å². The predicted octanol–water partition coefficient (Wildman–Crippen LogP) is -0.624. The zero-order valence-electron chi connectivity index (χ0n) is 13.2. The van der Waals surface area contributed by atoms with E-state index in [9.17, 15) is 19.5 Å². The van der Waals surface area contributed by atoms with Gasteiger partial charge in [0.15, 0.2) is 0 Å². The third-order valence-electron chi connectivity index (χ3n) is 4.88. The van der Waals surface area contributed by atoms with Crippen LogP contribution in [0.25, 0.3) is 0 Å². The lowest BCUT2D eigenvalue weighted by atomic mass is 9.66. The summed E-state index contributed by atoms with van der Waals surface area (Å²) in [6.07, 6.45) is 2.92. The van der Waals surface area contributed by atoms with E-state index in [2.05, 4.69) is 5.32 Å². The molecule has 1 heterocycles. The van der Waals surface area contributed by atoms with Crippen LogP contribution in [0.3, 0.4) is 0 Å². The van der Waals surface area contributed by atoms with Gasteiger partial charge >= 0.3 is 0 Å². The number of hydrogen-bond donors (Lipinski definition) is 3. The highest BCUT2D eigenvalue weighted by Gasteiger charge is 2.55. The Morgan fingerprint density at radius 1 is 1.41 bits per heavy atom. The number of likely N-dealkylation sites (tertiary alicyclic amines) is 1. The topological polar surface area (TPSA) is 113 Å². The van der Waals surface area contributed by atoms with Gasteiger partial charge in [-0.15, -0.1) is 0 Å². The number of amides is 3. The fourth-order valence-electron chi connectivity index (χ4n) is 3.33. The second-order valence-corrected chi connectivity index (χ2v) is 6.75. The summed E-state index contributed by atoms with van der Waals surface area (Å²) in [5.74, 6) is -0.781. The highest BCUT2D eigenvalue weighted by atomic mass is 16.3. The summed E-state index contributed by atoms with van der Waals surface area (Å²) in [6, 6.07) is -0.802. The first-order valence-electron chi connectivity index (χ1n) is 7.82. The first-order chi connectivity index (χ1) is 10.3. The summed E-state index contributed by atoms with van der Waals surface area (Å²) in [5, 5.41) is 12.2. The quantitative estimate of drug-likeness (QED) is 0.587. The lowest BCUT2D eigenvalue weighted by Gasteiger charge is -2.53. The van der Waals surface area contributed by atoms with Crippen molar-refractivity contribution in [2.45, 2.75) is 51.6 Å². The minimum absolute atomic E-state index is 0.0385. The van der Waals surface area contributed by atoms with Gasteiger partial charge in [-0.1, -0.05) is 13.8 Å². The first-order valence-corrected chi connectivity index (χ1v) is 7.82. The number of nitrogens with one attached hydrogen (secondary N) is 1. The molecule has 1 unspecified atom stereocenters. The lowest BCUT2D eigenvalue weighted by molar-refractivity contribution is -0.172. The fraction of sp³-hybridized carbons (Fsp3) is 0.800. The highest BCUT2D eigenvalue weighted by Crippen LogP contribution is 2.45. The molecule has 1 saturated heterocycles. The highest BCUT2D eigenvalue weighted by molar-refractivity contribution is 5.94. The molecule has 1 spiro atoms. The molecule has 7 nitrogen and oxygen atoms in total. The molecule has 1 saturated carbocycles. The Bertz CT molecular complexity index is 469. The maximum Gasteiger partial charge on any atom is 0.242 e. The van der Waals surface area contributed by atoms with Crippen molar-refractivity contribution in [1.82, 2.24) is 10.2 Å². The Labute approximate surface area is 130 Å². The lowest BCUT2D eigenvalue weighted by Crippen LogP contribution is -2.68. The largest absolute Gasteiger partial charge is 0.394 e. The number of β-lactam (4-membered cyclic amide) rings is 1. The van der Waals surface area contributed by atoms with Crippen LogP contribution in [0.5, 0.6) is 0 Å². The van der Waals surface area contributed by atoms with Crippen molar-refractivity contribution < 1.29 is 19.5 Å². The van der Waals surface area contributed by atoms with Crippen molar-refractivity contribution >= 4 is 17.7 Å². The third-order valence-corrected chi connectivity index (χ3v) is 4.88. The molecule has 0 aromatic carbocycles.